The van der Waals surface area contributed by atoms with Crippen LogP contribution in [-0.2, 0) is 4.74 Å². The Morgan fingerprint density at radius 3 is 3.00 bits per heavy atom. The van der Waals surface area contributed by atoms with E-state index < -0.39 is 12.3 Å². The first-order valence-corrected chi connectivity index (χ1v) is 7.04. The van der Waals surface area contributed by atoms with Crippen molar-refractivity contribution in [1.29, 1.82) is 0 Å². The molecule has 0 aliphatic heterocycles. The third-order valence-corrected chi connectivity index (χ3v) is 3.03. The number of aromatic nitrogens is 1. The van der Waals surface area contributed by atoms with Crippen LogP contribution in [0.1, 0.15) is 13.3 Å². The molecule has 6 nitrogen and oxygen atoms in total. The molecule has 1 atom stereocenters. The summed E-state index contributed by atoms with van der Waals surface area (Å²) in [5.41, 5.74) is 7.17. The first-order chi connectivity index (χ1) is 10.6. The zero-order chi connectivity index (χ0) is 15.9. The summed E-state index contributed by atoms with van der Waals surface area (Å²) in [7, 11) is 0. The number of hydrogen-bond acceptors (Lipinski definition) is 5. The number of carbonyl (C=O) groups is 1. The molecule has 1 aliphatic rings. The number of nitrogens with zero attached hydrogens (tertiary/aromatic N) is 1. The molecule has 0 fully saturated rings. The van der Waals surface area contributed by atoms with Gasteiger partial charge in [-0.1, -0.05) is 18.2 Å². The van der Waals surface area contributed by atoms with E-state index in [0.29, 0.717) is 24.5 Å². The topological polar surface area (TPSA) is 89.3 Å². The number of pyridine rings is 1. The van der Waals surface area contributed by atoms with Crippen molar-refractivity contribution in [3.63, 3.8) is 0 Å². The van der Waals surface area contributed by atoms with Gasteiger partial charge in [0.15, 0.2) is 0 Å². The number of alkyl halides is 1. The molecular formula is C15H19FN4O2. The maximum Gasteiger partial charge on any atom is 0.411 e. The number of allylic oxidation sites excluding steroid dienone is 2. The average molecular weight is 306 g/mol. The van der Waals surface area contributed by atoms with Gasteiger partial charge in [0, 0.05) is 13.0 Å². The molecule has 1 unspecified atom stereocenters. The zero-order valence-electron chi connectivity index (χ0n) is 12.3. The van der Waals surface area contributed by atoms with Crippen LogP contribution >= 0.6 is 0 Å². The lowest BCUT2D eigenvalue weighted by Gasteiger charge is -2.13. The van der Waals surface area contributed by atoms with Crippen LogP contribution in [0.5, 0.6) is 0 Å². The third-order valence-electron chi connectivity index (χ3n) is 3.03. The van der Waals surface area contributed by atoms with E-state index in [2.05, 4.69) is 15.6 Å². The van der Waals surface area contributed by atoms with Crippen molar-refractivity contribution in [2.24, 2.45) is 0 Å². The van der Waals surface area contributed by atoms with Crippen molar-refractivity contribution in [3.8, 4) is 0 Å². The van der Waals surface area contributed by atoms with Gasteiger partial charge in [-0.05, 0) is 24.6 Å². The summed E-state index contributed by atoms with van der Waals surface area (Å²) in [6.07, 6.45) is 4.05. The normalized spacial score (nSPS) is 16.8. The Balaban J connectivity index is 1.92. The predicted molar refractivity (Wildman–Crippen MR) is 84.5 cm³/mol. The van der Waals surface area contributed by atoms with E-state index in [1.807, 2.05) is 6.08 Å². The Hall–Kier alpha value is -2.57. The summed E-state index contributed by atoms with van der Waals surface area (Å²) in [5.74, 6) is 0.763. The van der Waals surface area contributed by atoms with Crippen LogP contribution < -0.4 is 16.4 Å². The molecule has 0 bridgehead atoms. The average Bonchev–Trinajstić information content (AvgIpc) is 2.49. The van der Waals surface area contributed by atoms with Crippen LogP contribution in [-0.4, -0.2) is 30.4 Å². The van der Waals surface area contributed by atoms with Gasteiger partial charge in [-0.3, -0.25) is 5.32 Å². The molecular weight excluding hydrogens is 287 g/mol. The fraction of sp³-hybridized carbons (Fsp3) is 0.333. The highest BCUT2D eigenvalue weighted by molar-refractivity contribution is 5.88. The molecule has 1 amide bonds. The van der Waals surface area contributed by atoms with Crippen molar-refractivity contribution in [2.45, 2.75) is 19.5 Å². The summed E-state index contributed by atoms with van der Waals surface area (Å²) in [6, 6.07) is 3.34. The van der Waals surface area contributed by atoms with Gasteiger partial charge < -0.3 is 15.8 Å². The van der Waals surface area contributed by atoms with Crippen LogP contribution in [0, 0.1) is 0 Å². The van der Waals surface area contributed by atoms with Gasteiger partial charge in [0.1, 0.15) is 17.8 Å². The molecule has 22 heavy (non-hydrogen) atoms. The molecule has 1 heterocycles. The second-order valence-corrected chi connectivity index (χ2v) is 4.72. The molecule has 7 heteroatoms. The van der Waals surface area contributed by atoms with E-state index in [0.717, 1.165) is 5.57 Å². The largest absolute Gasteiger partial charge is 0.450 e. The first kappa shape index (κ1) is 15.8. The molecule has 0 aromatic carbocycles. The Bertz CT molecular complexity index is 601. The van der Waals surface area contributed by atoms with Crippen molar-refractivity contribution in [3.05, 3.63) is 35.9 Å². The lowest BCUT2D eigenvalue weighted by molar-refractivity contribution is 0.168. The van der Waals surface area contributed by atoms with E-state index in [1.165, 1.54) is 6.08 Å². The summed E-state index contributed by atoms with van der Waals surface area (Å²) in [6.45, 7) is 2.52. The number of rotatable bonds is 5. The number of carbonyl (C=O) groups excluding carboxylic acids is 1. The third kappa shape index (κ3) is 4.47. The quantitative estimate of drug-likeness (QED) is 0.778. The van der Waals surface area contributed by atoms with E-state index in [1.54, 1.807) is 25.1 Å². The number of amides is 1. The summed E-state index contributed by atoms with van der Waals surface area (Å²) in [5, 5.41) is 5.61. The van der Waals surface area contributed by atoms with Crippen LogP contribution in [0.4, 0.5) is 26.5 Å². The van der Waals surface area contributed by atoms with Gasteiger partial charge in [-0.2, -0.15) is 0 Å². The van der Waals surface area contributed by atoms with Gasteiger partial charge in [0.05, 0.1) is 12.3 Å². The molecule has 1 aliphatic carbocycles. The van der Waals surface area contributed by atoms with Crippen LogP contribution in [0.3, 0.4) is 0 Å². The standard InChI is InChI=1S/C15H19FN4O2/c1-2-22-15(21)19-12-7-8-13(20-14(12)17)18-9-10-3-5-11(16)6-4-10/h3-5,7-8,11H,2,6,9H2,1H3,(H,19,21)(H3,17,18,20). The fourth-order valence-electron chi connectivity index (χ4n) is 1.92. The summed E-state index contributed by atoms with van der Waals surface area (Å²) in [4.78, 5) is 15.5. The molecule has 2 rings (SSSR count). The number of hydrogen-bond donors (Lipinski definition) is 3. The predicted octanol–water partition coefficient (Wildman–Crippen LogP) is 2.87. The number of nitrogen functional groups attached to an aromatic ring is 1. The first-order valence-electron chi connectivity index (χ1n) is 7.04. The van der Waals surface area contributed by atoms with Gasteiger partial charge in [-0.15, -0.1) is 0 Å². The smallest absolute Gasteiger partial charge is 0.411 e. The van der Waals surface area contributed by atoms with Crippen molar-refractivity contribution in [1.82, 2.24) is 4.98 Å². The molecule has 118 valence electrons. The Morgan fingerprint density at radius 2 is 2.36 bits per heavy atom. The zero-order valence-corrected chi connectivity index (χ0v) is 12.3. The van der Waals surface area contributed by atoms with Crippen LogP contribution in [0.2, 0.25) is 0 Å². The molecule has 0 spiro atoms. The fourth-order valence-corrected chi connectivity index (χ4v) is 1.92. The molecule has 0 radical (unpaired) electrons. The minimum absolute atomic E-state index is 0.190. The van der Waals surface area contributed by atoms with Crippen LogP contribution in [0.15, 0.2) is 35.9 Å². The number of ether oxygens (including phenoxy) is 1. The number of anilines is 3. The highest BCUT2D eigenvalue weighted by Crippen LogP contribution is 2.20. The van der Waals surface area contributed by atoms with Gasteiger partial charge in [0.25, 0.3) is 0 Å². The summed E-state index contributed by atoms with van der Waals surface area (Å²) >= 11 is 0. The van der Waals surface area contributed by atoms with Crippen molar-refractivity contribution >= 4 is 23.4 Å². The molecule has 1 aromatic rings. The van der Waals surface area contributed by atoms with E-state index >= 15 is 0 Å². The monoisotopic (exact) mass is 306 g/mol. The maximum absolute atomic E-state index is 13.0. The molecule has 0 saturated heterocycles. The number of nitrogens with two attached hydrogens (primary N) is 1. The maximum atomic E-state index is 13.0. The van der Waals surface area contributed by atoms with Gasteiger partial charge in [-0.25, -0.2) is 14.2 Å². The van der Waals surface area contributed by atoms with Gasteiger partial charge >= 0.3 is 6.09 Å². The molecule has 0 saturated carbocycles. The van der Waals surface area contributed by atoms with E-state index in [4.69, 9.17) is 10.5 Å². The van der Waals surface area contributed by atoms with Crippen molar-refractivity contribution in [2.75, 3.05) is 29.5 Å². The highest BCUT2D eigenvalue weighted by Gasteiger charge is 2.09. The second kappa shape index (κ2) is 7.44. The number of halogens is 1. The molecule has 4 N–H and O–H groups in total. The summed E-state index contributed by atoms with van der Waals surface area (Å²) < 4.78 is 17.7. The Kier molecular flexibility index (Phi) is 5.35. The highest BCUT2D eigenvalue weighted by atomic mass is 19.1. The Morgan fingerprint density at radius 1 is 1.55 bits per heavy atom. The lowest BCUT2D eigenvalue weighted by atomic mass is 10.1. The molecule has 1 aromatic heterocycles. The number of nitrogens with one attached hydrogen (secondary N) is 2. The Labute approximate surface area is 128 Å². The SMILES string of the molecule is CCOC(=O)Nc1ccc(NCC2=CCC(F)C=C2)nc1N. The minimum Gasteiger partial charge on any atom is -0.450 e. The van der Waals surface area contributed by atoms with E-state index in [9.17, 15) is 9.18 Å². The minimum atomic E-state index is -0.897. The lowest BCUT2D eigenvalue weighted by Crippen LogP contribution is -2.15. The van der Waals surface area contributed by atoms with Crippen LogP contribution in [0.25, 0.3) is 0 Å². The van der Waals surface area contributed by atoms with Crippen molar-refractivity contribution < 1.29 is 13.9 Å². The van der Waals surface area contributed by atoms with Gasteiger partial charge in [0.2, 0.25) is 0 Å². The van der Waals surface area contributed by atoms with E-state index in [-0.39, 0.29) is 12.4 Å². The second-order valence-electron chi connectivity index (χ2n) is 4.72.